The van der Waals surface area contributed by atoms with Crippen LogP contribution < -0.4 is 10.1 Å². The van der Waals surface area contributed by atoms with Gasteiger partial charge in [-0.1, -0.05) is 18.2 Å². The molecule has 2 rings (SSSR count). The smallest absolute Gasteiger partial charge is 0.308 e. The van der Waals surface area contributed by atoms with Crippen LogP contribution in [0, 0.1) is 11.8 Å². The molecule has 0 heterocycles. The highest BCUT2D eigenvalue weighted by Crippen LogP contribution is 2.29. The molecule has 1 aromatic carbocycles. The molecule has 108 valence electrons. The molecule has 1 atom stereocenters. The van der Waals surface area contributed by atoms with E-state index in [0.717, 1.165) is 18.4 Å². The standard InChI is InChI=1S/C15H19NO4/c1-20-13-5-3-2-4-11(13)8-12(15(18)19)9-16-14(17)10-6-7-10/h2-5,10,12H,6-9H2,1H3,(H,16,17)(H,18,19). The molecule has 0 aromatic heterocycles. The van der Waals surface area contributed by atoms with Crippen molar-refractivity contribution < 1.29 is 19.4 Å². The number of benzene rings is 1. The molecule has 5 nitrogen and oxygen atoms in total. The van der Waals surface area contributed by atoms with Crippen molar-refractivity contribution in [3.63, 3.8) is 0 Å². The first-order valence-electron chi connectivity index (χ1n) is 6.74. The Hall–Kier alpha value is -2.04. The first-order valence-corrected chi connectivity index (χ1v) is 6.74. The molecular formula is C15H19NO4. The SMILES string of the molecule is COc1ccccc1CC(CNC(=O)C1CC1)C(=O)O. The first-order chi connectivity index (χ1) is 9.61. The summed E-state index contributed by atoms with van der Waals surface area (Å²) in [4.78, 5) is 22.9. The van der Waals surface area contributed by atoms with Crippen LogP contribution in [0.15, 0.2) is 24.3 Å². The number of para-hydroxylation sites is 1. The number of carbonyl (C=O) groups is 2. The maximum atomic E-state index is 11.6. The Morgan fingerprint density at radius 1 is 1.40 bits per heavy atom. The zero-order valence-corrected chi connectivity index (χ0v) is 11.5. The van der Waals surface area contributed by atoms with Crippen LogP contribution in [-0.4, -0.2) is 30.6 Å². The number of rotatable bonds is 7. The van der Waals surface area contributed by atoms with Gasteiger partial charge in [-0.2, -0.15) is 0 Å². The Bertz CT molecular complexity index is 496. The van der Waals surface area contributed by atoms with E-state index in [9.17, 15) is 14.7 Å². The number of hydrogen-bond donors (Lipinski definition) is 2. The molecule has 1 aromatic rings. The van der Waals surface area contributed by atoms with Crippen LogP contribution in [0.2, 0.25) is 0 Å². The summed E-state index contributed by atoms with van der Waals surface area (Å²) in [6.45, 7) is 0.155. The Balaban J connectivity index is 1.97. The van der Waals surface area contributed by atoms with Crippen molar-refractivity contribution in [2.45, 2.75) is 19.3 Å². The number of methoxy groups -OCH3 is 1. The second-order valence-corrected chi connectivity index (χ2v) is 5.07. The number of amides is 1. The van der Waals surface area contributed by atoms with Crippen molar-refractivity contribution in [3.8, 4) is 5.75 Å². The fourth-order valence-corrected chi connectivity index (χ4v) is 2.10. The molecule has 1 fully saturated rings. The summed E-state index contributed by atoms with van der Waals surface area (Å²) >= 11 is 0. The highest BCUT2D eigenvalue weighted by atomic mass is 16.5. The van der Waals surface area contributed by atoms with Gasteiger partial charge in [0.15, 0.2) is 0 Å². The van der Waals surface area contributed by atoms with Crippen molar-refractivity contribution in [3.05, 3.63) is 29.8 Å². The molecule has 1 amide bonds. The lowest BCUT2D eigenvalue weighted by Gasteiger charge is -2.15. The topological polar surface area (TPSA) is 75.6 Å². The van der Waals surface area contributed by atoms with E-state index < -0.39 is 11.9 Å². The molecule has 0 bridgehead atoms. The van der Waals surface area contributed by atoms with Gasteiger partial charge < -0.3 is 15.2 Å². The number of nitrogens with one attached hydrogen (secondary N) is 1. The predicted molar refractivity (Wildman–Crippen MR) is 73.6 cm³/mol. The van der Waals surface area contributed by atoms with E-state index in [-0.39, 0.29) is 18.4 Å². The van der Waals surface area contributed by atoms with Gasteiger partial charge in [0.2, 0.25) is 5.91 Å². The van der Waals surface area contributed by atoms with E-state index in [1.54, 1.807) is 13.2 Å². The van der Waals surface area contributed by atoms with E-state index in [2.05, 4.69) is 5.32 Å². The molecule has 1 saturated carbocycles. The second-order valence-electron chi connectivity index (χ2n) is 5.07. The number of aliphatic carboxylic acids is 1. The lowest BCUT2D eigenvalue weighted by atomic mass is 9.98. The molecule has 2 N–H and O–H groups in total. The highest BCUT2D eigenvalue weighted by Gasteiger charge is 2.30. The molecule has 5 heteroatoms. The van der Waals surface area contributed by atoms with Gasteiger partial charge in [-0.15, -0.1) is 0 Å². The highest BCUT2D eigenvalue weighted by molar-refractivity contribution is 5.81. The third-order valence-corrected chi connectivity index (χ3v) is 3.48. The van der Waals surface area contributed by atoms with E-state index in [1.807, 2.05) is 18.2 Å². The summed E-state index contributed by atoms with van der Waals surface area (Å²) in [6, 6.07) is 7.33. The van der Waals surface area contributed by atoms with Gasteiger partial charge in [0.1, 0.15) is 5.75 Å². The van der Waals surface area contributed by atoms with Crippen LogP contribution >= 0.6 is 0 Å². The molecule has 0 saturated heterocycles. The Morgan fingerprint density at radius 2 is 2.10 bits per heavy atom. The van der Waals surface area contributed by atoms with Gasteiger partial charge in [-0.05, 0) is 30.9 Å². The summed E-state index contributed by atoms with van der Waals surface area (Å²) in [5, 5.41) is 12.0. The van der Waals surface area contributed by atoms with E-state index in [4.69, 9.17) is 4.74 Å². The quantitative estimate of drug-likeness (QED) is 0.791. The van der Waals surface area contributed by atoms with Crippen LogP contribution in [0.4, 0.5) is 0 Å². The van der Waals surface area contributed by atoms with Crippen LogP contribution in [-0.2, 0) is 16.0 Å². The minimum atomic E-state index is -0.910. The molecule has 0 spiro atoms. The van der Waals surface area contributed by atoms with Gasteiger partial charge >= 0.3 is 5.97 Å². The lowest BCUT2D eigenvalue weighted by molar-refractivity contribution is -0.141. The fourth-order valence-electron chi connectivity index (χ4n) is 2.10. The number of carboxylic acid groups (broad SMARTS) is 1. The molecule has 1 aliphatic rings. The van der Waals surface area contributed by atoms with E-state index in [1.165, 1.54) is 0 Å². The number of ether oxygens (including phenoxy) is 1. The molecule has 0 aliphatic heterocycles. The predicted octanol–water partition coefficient (Wildman–Crippen LogP) is 1.46. The van der Waals surface area contributed by atoms with Gasteiger partial charge in [-0.3, -0.25) is 9.59 Å². The van der Waals surface area contributed by atoms with Crippen LogP contribution in [0.25, 0.3) is 0 Å². The average Bonchev–Trinajstić information content (AvgIpc) is 3.27. The van der Waals surface area contributed by atoms with E-state index in [0.29, 0.717) is 12.2 Å². The largest absolute Gasteiger partial charge is 0.496 e. The van der Waals surface area contributed by atoms with Crippen LogP contribution in [0.3, 0.4) is 0 Å². The lowest BCUT2D eigenvalue weighted by Crippen LogP contribution is -2.34. The molecule has 1 aliphatic carbocycles. The van der Waals surface area contributed by atoms with Crippen molar-refractivity contribution >= 4 is 11.9 Å². The second kappa shape index (κ2) is 6.41. The third-order valence-electron chi connectivity index (χ3n) is 3.48. The number of carboxylic acids is 1. The molecular weight excluding hydrogens is 258 g/mol. The summed E-state index contributed by atoms with van der Waals surface area (Å²) in [5.41, 5.74) is 0.836. The first kappa shape index (κ1) is 14.4. The minimum absolute atomic E-state index is 0.0312. The number of hydrogen-bond acceptors (Lipinski definition) is 3. The Morgan fingerprint density at radius 3 is 2.70 bits per heavy atom. The van der Waals surface area contributed by atoms with Gasteiger partial charge in [0.05, 0.1) is 13.0 Å². The van der Waals surface area contributed by atoms with Gasteiger partial charge in [-0.25, -0.2) is 0 Å². The zero-order valence-electron chi connectivity index (χ0n) is 11.5. The van der Waals surface area contributed by atoms with Crippen molar-refractivity contribution in [2.24, 2.45) is 11.8 Å². The average molecular weight is 277 g/mol. The molecule has 20 heavy (non-hydrogen) atoms. The van der Waals surface area contributed by atoms with Crippen molar-refractivity contribution in [1.82, 2.24) is 5.32 Å². The van der Waals surface area contributed by atoms with Crippen LogP contribution in [0.1, 0.15) is 18.4 Å². The van der Waals surface area contributed by atoms with Crippen molar-refractivity contribution in [1.29, 1.82) is 0 Å². The monoisotopic (exact) mass is 277 g/mol. The summed E-state index contributed by atoms with van der Waals surface area (Å²) in [5.74, 6) is -0.819. The summed E-state index contributed by atoms with van der Waals surface area (Å²) in [7, 11) is 1.56. The van der Waals surface area contributed by atoms with Gasteiger partial charge in [0, 0.05) is 12.5 Å². The van der Waals surface area contributed by atoms with Crippen LogP contribution in [0.5, 0.6) is 5.75 Å². The van der Waals surface area contributed by atoms with Gasteiger partial charge in [0.25, 0.3) is 0 Å². The maximum absolute atomic E-state index is 11.6. The Labute approximate surface area is 117 Å². The minimum Gasteiger partial charge on any atom is -0.496 e. The summed E-state index contributed by atoms with van der Waals surface area (Å²) < 4.78 is 5.22. The fraction of sp³-hybridized carbons (Fsp3) is 0.467. The summed E-state index contributed by atoms with van der Waals surface area (Å²) in [6.07, 6.45) is 2.16. The third kappa shape index (κ3) is 3.73. The van der Waals surface area contributed by atoms with Crippen molar-refractivity contribution in [2.75, 3.05) is 13.7 Å². The zero-order chi connectivity index (χ0) is 14.5. The van der Waals surface area contributed by atoms with E-state index >= 15 is 0 Å². The Kier molecular flexibility index (Phi) is 4.61. The number of carbonyl (C=O) groups excluding carboxylic acids is 1. The molecule has 1 unspecified atom stereocenters. The molecule has 0 radical (unpaired) electrons. The normalized spacial score (nSPS) is 15.4. The maximum Gasteiger partial charge on any atom is 0.308 e.